The van der Waals surface area contributed by atoms with E-state index >= 15 is 0 Å². The van der Waals surface area contributed by atoms with E-state index in [1.807, 2.05) is 0 Å². The number of halogens is 1. The van der Waals surface area contributed by atoms with Gasteiger partial charge >= 0.3 is 0 Å². The molecular formula is C12H15FN2O4S. The number of carbonyl (C=O) groups excluding carboxylic acids is 1. The molecule has 1 aromatic rings. The lowest BCUT2D eigenvalue weighted by Crippen LogP contribution is -2.46. The fraction of sp³-hybridized carbons (Fsp3) is 0.417. The van der Waals surface area contributed by atoms with Gasteiger partial charge in [0.05, 0.1) is 6.10 Å². The number of amides is 1. The molecule has 0 saturated heterocycles. The highest BCUT2D eigenvalue weighted by Crippen LogP contribution is 2.24. The van der Waals surface area contributed by atoms with Crippen LogP contribution in [0.3, 0.4) is 0 Å². The van der Waals surface area contributed by atoms with Crippen LogP contribution in [0.25, 0.3) is 0 Å². The molecule has 1 fully saturated rings. The molecule has 0 unspecified atom stereocenters. The summed E-state index contributed by atoms with van der Waals surface area (Å²) in [7, 11) is -3.97. The lowest BCUT2D eigenvalue weighted by Gasteiger charge is -2.31. The Labute approximate surface area is 116 Å². The first-order valence-corrected chi connectivity index (χ1v) is 7.54. The highest BCUT2D eigenvalue weighted by Gasteiger charge is 2.32. The molecule has 1 aliphatic carbocycles. The minimum absolute atomic E-state index is 0.188. The summed E-state index contributed by atoms with van der Waals surface area (Å²) in [5.74, 6) is -1.31. The van der Waals surface area contributed by atoms with Crippen LogP contribution in [-0.4, -0.2) is 31.6 Å². The molecule has 0 atom stereocenters. The second-order valence-corrected chi connectivity index (χ2v) is 6.45. The zero-order valence-corrected chi connectivity index (χ0v) is 11.6. The van der Waals surface area contributed by atoms with Crippen molar-refractivity contribution in [3.05, 3.63) is 24.0 Å². The van der Waals surface area contributed by atoms with Gasteiger partial charge in [0.25, 0.3) is 0 Å². The Balaban J connectivity index is 2.17. The molecule has 0 aliphatic heterocycles. The van der Waals surface area contributed by atoms with Crippen LogP contribution in [0.5, 0.6) is 0 Å². The van der Waals surface area contributed by atoms with Gasteiger partial charge in [-0.15, -0.1) is 0 Å². The molecule has 1 amide bonds. The summed E-state index contributed by atoms with van der Waals surface area (Å²) in [6.07, 6.45) is 0.144. The first kappa shape index (κ1) is 14.9. The maximum Gasteiger partial charge on any atom is 0.243 e. The summed E-state index contributed by atoms with van der Waals surface area (Å²) >= 11 is 0. The number of hydrogen-bond donors (Lipinski definition) is 3. The number of sulfonamides is 1. The Morgan fingerprint density at radius 2 is 2.05 bits per heavy atom. The quantitative estimate of drug-likeness (QED) is 0.758. The molecule has 110 valence electrons. The third-order valence-electron chi connectivity index (χ3n) is 2.98. The Hall–Kier alpha value is -1.51. The zero-order valence-electron chi connectivity index (χ0n) is 10.8. The second kappa shape index (κ2) is 5.47. The molecular weight excluding hydrogens is 287 g/mol. The van der Waals surface area contributed by atoms with Gasteiger partial charge in [-0.3, -0.25) is 4.79 Å². The minimum Gasteiger partial charge on any atom is -0.393 e. The fourth-order valence-electron chi connectivity index (χ4n) is 1.97. The van der Waals surface area contributed by atoms with E-state index in [1.54, 1.807) is 0 Å². The van der Waals surface area contributed by atoms with E-state index in [0.717, 1.165) is 12.1 Å². The lowest BCUT2D eigenvalue weighted by atomic mass is 9.91. The van der Waals surface area contributed by atoms with E-state index in [4.69, 9.17) is 5.11 Å². The standard InChI is InChI=1S/C12H15FN2O4S/c1-7(16)14-8-2-3-12(11(13)6-8)20(18,19)15-9-4-10(17)5-9/h2-3,6,9-10,15,17H,4-5H2,1H3,(H,14,16). The van der Waals surface area contributed by atoms with Crippen LogP contribution < -0.4 is 10.0 Å². The highest BCUT2D eigenvalue weighted by molar-refractivity contribution is 7.89. The van der Waals surface area contributed by atoms with E-state index in [2.05, 4.69) is 10.0 Å². The van der Waals surface area contributed by atoms with Crippen molar-refractivity contribution < 1.29 is 22.7 Å². The van der Waals surface area contributed by atoms with Crippen LogP contribution in [0.4, 0.5) is 10.1 Å². The van der Waals surface area contributed by atoms with Gasteiger partial charge in [-0.1, -0.05) is 0 Å². The van der Waals surface area contributed by atoms with Crippen molar-refractivity contribution >= 4 is 21.6 Å². The van der Waals surface area contributed by atoms with Crippen LogP contribution >= 0.6 is 0 Å². The van der Waals surface area contributed by atoms with Crippen molar-refractivity contribution in [1.29, 1.82) is 0 Å². The summed E-state index contributed by atoms with van der Waals surface area (Å²) in [5.41, 5.74) is 0.188. The van der Waals surface area contributed by atoms with Gasteiger partial charge in [-0.2, -0.15) is 0 Å². The predicted octanol–water partition coefficient (Wildman–Crippen LogP) is 0.586. The minimum atomic E-state index is -3.97. The summed E-state index contributed by atoms with van der Waals surface area (Å²) in [6.45, 7) is 1.27. The predicted molar refractivity (Wildman–Crippen MR) is 70.1 cm³/mol. The van der Waals surface area contributed by atoms with Gasteiger partial charge in [0.15, 0.2) is 0 Å². The molecule has 1 aromatic carbocycles. The van der Waals surface area contributed by atoms with E-state index in [1.165, 1.54) is 13.0 Å². The molecule has 0 bridgehead atoms. The lowest BCUT2D eigenvalue weighted by molar-refractivity contribution is -0.114. The number of carbonyl (C=O) groups is 1. The summed E-state index contributed by atoms with van der Waals surface area (Å²) in [6, 6.07) is 2.99. The number of aliphatic hydroxyl groups excluding tert-OH is 1. The van der Waals surface area contributed by atoms with Crippen LogP contribution in [-0.2, 0) is 14.8 Å². The second-order valence-electron chi connectivity index (χ2n) is 4.77. The number of aliphatic hydroxyl groups is 1. The van der Waals surface area contributed by atoms with Crippen LogP contribution in [0.1, 0.15) is 19.8 Å². The van der Waals surface area contributed by atoms with Crippen LogP contribution in [0.2, 0.25) is 0 Å². The van der Waals surface area contributed by atoms with E-state index < -0.39 is 26.8 Å². The molecule has 1 aliphatic rings. The zero-order chi connectivity index (χ0) is 14.9. The molecule has 20 heavy (non-hydrogen) atoms. The first-order chi connectivity index (χ1) is 9.28. The number of nitrogens with one attached hydrogen (secondary N) is 2. The van der Waals surface area contributed by atoms with Gasteiger partial charge in [0, 0.05) is 18.7 Å². The summed E-state index contributed by atoms with van der Waals surface area (Å²) in [4.78, 5) is 10.4. The van der Waals surface area contributed by atoms with Gasteiger partial charge in [0.1, 0.15) is 10.7 Å². The average Bonchev–Trinajstić information content (AvgIpc) is 2.25. The topological polar surface area (TPSA) is 95.5 Å². The van der Waals surface area contributed by atoms with E-state index in [9.17, 15) is 17.6 Å². The van der Waals surface area contributed by atoms with E-state index in [0.29, 0.717) is 12.8 Å². The number of benzene rings is 1. The molecule has 0 spiro atoms. The van der Waals surface area contributed by atoms with Gasteiger partial charge in [-0.25, -0.2) is 17.5 Å². The largest absolute Gasteiger partial charge is 0.393 e. The molecule has 0 heterocycles. The van der Waals surface area contributed by atoms with Gasteiger partial charge in [-0.05, 0) is 31.0 Å². The maximum atomic E-state index is 13.8. The van der Waals surface area contributed by atoms with Crippen molar-refractivity contribution in [2.75, 3.05) is 5.32 Å². The Bertz CT molecular complexity index is 626. The third kappa shape index (κ3) is 3.33. The smallest absolute Gasteiger partial charge is 0.243 e. The molecule has 8 heteroatoms. The van der Waals surface area contributed by atoms with Crippen molar-refractivity contribution in [2.24, 2.45) is 0 Å². The maximum absolute atomic E-state index is 13.8. The monoisotopic (exact) mass is 302 g/mol. The van der Waals surface area contributed by atoms with Crippen molar-refractivity contribution in [2.45, 2.75) is 36.8 Å². The third-order valence-corrected chi connectivity index (χ3v) is 4.53. The average molecular weight is 302 g/mol. The molecule has 0 aromatic heterocycles. The Morgan fingerprint density at radius 1 is 1.40 bits per heavy atom. The number of rotatable bonds is 4. The molecule has 0 radical (unpaired) electrons. The summed E-state index contributed by atoms with van der Waals surface area (Å²) < 4.78 is 40.1. The summed E-state index contributed by atoms with van der Waals surface area (Å²) in [5, 5.41) is 11.5. The van der Waals surface area contributed by atoms with Crippen molar-refractivity contribution in [1.82, 2.24) is 4.72 Å². The number of hydrogen-bond acceptors (Lipinski definition) is 4. The normalized spacial score (nSPS) is 22.1. The van der Waals surface area contributed by atoms with Gasteiger partial charge in [0.2, 0.25) is 15.9 Å². The van der Waals surface area contributed by atoms with Gasteiger partial charge < -0.3 is 10.4 Å². The Morgan fingerprint density at radius 3 is 2.55 bits per heavy atom. The number of anilines is 1. The van der Waals surface area contributed by atoms with E-state index in [-0.39, 0.29) is 17.6 Å². The van der Waals surface area contributed by atoms with Crippen molar-refractivity contribution in [3.63, 3.8) is 0 Å². The molecule has 3 N–H and O–H groups in total. The molecule has 6 nitrogen and oxygen atoms in total. The fourth-order valence-corrected chi connectivity index (χ4v) is 3.29. The SMILES string of the molecule is CC(=O)Nc1ccc(S(=O)(=O)NC2CC(O)C2)c(F)c1. The Kier molecular flexibility index (Phi) is 4.07. The highest BCUT2D eigenvalue weighted by atomic mass is 32.2. The van der Waals surface area contributed by atoms with Crippen LogP contribution in [0.15, 0.2) is 23.1 Å². The van der Waals surface area contributed by atoms with Crippen molar-refractivity contribution in [3.8, 4) is 0 Å². The first-order valence-electron chi connectivity index (χ1n) is 6.05. The molecule has 2 rings (SSSR count). The molecule has 1 saturated carbocycles. The van der Waals surface area contributed by atoms with Crippen LogP contribution in [0, 0.1) is 5.82 Å².